The summed E-state index contributed by atoms with van der Waals surface area (Å²) in [6.07, 6.45) is 7.75. The van der Waals surface area contributed by atoms with Crippen LogP contribution in [0, 0.1) is 0 Å². The molecule has 0 bridgehead atoms. The summed E-state index contributed by atoms with van der Waals surface area (Å²) in [6, 6.07) is 21.2. The highest BCUT2D eigenvalue weighted by Gasteiger charge is 2.19. The molecule has 0 amide bonds. The molecule has 1 unspecified atom stereocenters. The summed E-state index contributed by atoms with van der Waals surface area (Å²) in [5, 5.41) is 0.692. The van der Waals surface area contributed by atoms with Crippen LogP contribution in [0.4, 0.5) is 0 Å². The van der Waals surface area contributed by atoms with E-state index >= 15 is 0 Å². The lowest BCUT2D eigenvalue weighted by Crippen LogP contribution is -2.09. The molecule has 4 heteroatoms. The van der Waals surface area contributed by atoms with Crippen LogP contribution in [0.5, 0.6) is 0 Å². The Labute approximate surface area is 183 Å². The molecule has 2 aromatic rings. The second-order valence-electron chi connectivity index (χ2n) is 6.99. The molecule has 1 nitrogen and oxygen atoms in total. The van der Waals surface area contributed by atoms with Crippen LogP contribution in [0.2, 0.25) is 0 Å². The van der Waals surface area contributed by atoms with E-state index in [9.17, 15) is 4.79 Å². The van der Waals surface area contributed by atoms with Gasteiger partial charge in [0.1, 0.15) is 0 Å². The Morgan fingerprint density at radius 3 is 1.89 bits per heavy atom. The van der Waals surface area contributed by atoms with Crippen molar-refractivity contribution in [2.24, 2.45) is 0 Å². The van der Waals surface area contributed by atoms with Crippen molar-refractivity contribution in [3.63, 3.8) is 0 Å². The van der Waals surface area contributed by atoms with Crippen LogP contribution >= 0.6 is 35.3 Å². The molecule has 0 radical (unpaired) electrons. The first-order chi connectivity index (χ1) is 13.7. The molecule has 28 heavy (non-hydrogen) atoms. The van der Waals surface area contributed by atoms with Crippen LogP contribution in [0.1, 0.15) is 58.8 Å². The van der Waals surface area contributed by atoms with E-state index in [4.69, 9.17) is 0 Å². The zero-order valence-corrected chi connectivity index (χ0v) is 19.5. The zero-order chi connectivity index (χ0) is 20.0. The van der Waals surface area contributed by atoms with Crippen molar-refractivity contribution in [3.05, 3.63) is 60.7 Å². The van der Waals surface area contributed by atoms with Gasteiger partial charge >= 0.3 is 0 Å². The van der Waals surface area contributed by atoms with Gasteiger partial charge in [-0.15, -0.1) is 23.5 Å². The molecule has 0 fully saturated rings. The van der Waals surface area contributed by atoms with E-state index in [1.54, 1.807) is 11.8 Å². The first-order valence-electron chi connectivity index (χ1n) is 10.3. The van der Waals surface area contributed by atoms with Crippen molar-refractivity contribution in [2.75, 3.05) is 0 Å². The lowest BCUT2D eigenvalue weighted by Gasteiger charge is -2.20. The number of rotatable bonds is 13. The van der Waals surface area contributed by atoms with Gasteiger partial charge in [0.2, 0.25) is 0 Å². The first-order valence-corrected chi connectivity index (χ1v) is 12.9. The van der Waals surface area contributed by atoms with Gasteiger partial charge in [0.25, 0.3) is 0 Å². The van der Waals surface area contributed by atoms with Crippen molar-refractivity contribution < 1.29 is 4.79 Å². The van der Waals surface area contributed by atoms with Crippen molar-refractivity contribution in [3.8, 4) is 0 Å². The predicted octanol–water partition coefficient (Wildman–Crippen LogP) is 8.30. The molecule has 152 valence electrons. The summed E-state index contributed by atoms with van der Waals surface area (Å²) < 4.78 is 0.393. The summed E-state index contributed by atoms with van der Waals surface area (Å²) in [7, 11) is 0. The second-order valence-corrected chi connectivity index (χ2v) is 11.3. The molecule has 2 aromatic carbocycles. The van der Waals surface area contributed by atoms with Crippen LogP contribution < -0.4 is 0 Å². The summed E-state index contributed by atoms with van der Waals surface area (Å²) in [4.78, 5) is 14.9. The fourth-order valence-corrected chi connectivity index (χ4v) is 7.01. The summed E-state index contributed by atoms with van der Waals surface area (Å²) in [5.74, 6) is 0. The average Bonchev–Trinajstić information content (AvgIpc) is 2.69. The van der Waals surface area contributed by atoms with E-state index in [0.717, 1.165) is 19.3 Å². The Kier molecular flexibility index (Phi) is 11.9. The van der Waals surface area contributed by atoms with Crippen LogP contribution in [0.3, 0.4) is 0 Å². The minimum Gasteiger partial charge on any atom is -0.287 e. The van der Waals surface area contributed by atoms with Crippen molar-refractivity contribution in [1.29, 1.82) is 0 Å². The summed E-state index contributed by atoms with van der Waals surface area (Å²) in [5.41, 5.74) is 0. The minimum absolute atomic E-state index is 0.334. The van der Waals surface area contributed by atoms with E-state index in [-0.39, 0.29) is 0 Å². The Balaban J connectivity index is 1.85. The molecular weight excluding hydrogens is 400 g/mol. The molecule has 0 saturated carbocycles. The van der Waals surface area contributed by atoms with E-state index in [1.165, 1.54) is 35.5 Å². The van der Waals surface area contributed by atoms with Crippen LogP contribution in [-0.2, 0) is 4.79 Å². The van der Waals surface area contributed by atoms with Gasteiger partial charge < -0.3 is 0 Å². The maximum absolute atomic E-state index is 12.3. The third-order valence-electron chi connectivity index (χ3n) is 4.36. The second kappa shape index (κ2) is 14.2. The number of benzene rings is 2. The van der Waals surface area contributed by atoms with Crippen LogP contribution in [-0.4, -0.2) is 14.9 Å². The highest BCUT2D eigenvalue weighted by Crippen LogP contribution is 2.39. The average molecular weight is 433 g/mol. The monoisotopic (exact) mass is 432 g/mol. The molecule has 0 spiro atoms. The molecule has 0 aliphatic heterocycles. The molecule has 0 heterocycles. The number of unbranched alkanes of at least 4 members (excludes halogenated alkanes) is 4. The smallest absolute Gasteiger partial charge is 0.189 e. The van der Waals surface area contributed by atoms with Gasteiger partial charge in [0, 0.05) is 21.5 Å². The van der Waals surface area contributed by atoms with E-state index in [0.29, 0.717) is 14.9 Å². The number of carbonyl (C=O) groups is 1. The lowest BCUT2D eigenvalue weighted by molar-refractivity contribution is -0.111. The van der Waals surface area contributed by atoms with E-state index in [1.807, 2.05) is 23.5 Å². The maximum atomic E-state index is 12.3. The quantitative estimate of drug-likeness (QED) is 0.180. The van der Waals surface area contributed by atoms with Crippen molar-refractivity contribution >= 4 is 40.4 Å². The fraction of sp³-hybridized carbons (Fsp3) is 0.458. The highest BCUT2D eigenvalue weighted by atomic mass is 32.2. The lowest BCUT2D eigenvalue weighted by atomic mass is 10.1. The largest absolute Gasteiger partial charge is 0.287 e. The molecule has 1 atom stereocenters. The molecule has 2 rings (SSSR count). The van der Waals surface area contributed by atoms with Gasteiger partial charge in [-0.05, 0) is 37.1 Å². The summed E-state index contributed by atoms with van der Waals surface area (Å²) in [6.45, 7) is 4.42. The molecular formula is C24H32OS3. The number of thioether (sulfide) groups is 3. The van der Waals surface area contributed by atoms with Gasteiger partial charge in [-0.3, -0.25) is 4.79 Å². The van der Waals surface area contributed by atoms with Gasteiger partial charge in [0.15, 0.2) is 5.12 Å². The van der Waals surface area contributed by atoms with E-state index in [2.05, 4.69) is 74.5 Å². The van der Waals surface area contributed by atoms with Gasteiger partial charge in [-0.2, -0.15) is 0 Å². The molecule has 0 aliphatic carbocycles. The summed E-state index contributed by atoms with van der Waals surface area (Å²) >= 11 is 5.36. The topological polar surface area (TPSA) is 17.1 Å². The molecule has 0 aromatic heterocycles. The van der Waals surface area contributed by atoms with Gasteiger partial charge in [0.05, 0.1) is 4.58 Å². The highest BCUT2D eigenvalue weighted by molar-refractivity contribution is 8.17. The maximum Gasteiger partial charge on any atom is 0.189 e. The van der Waals surface area contributed by atoms with Gasteiger partial charge in [-0.1, -0.05) is 87.7 Å². The van der Waals surface area contributed by atoms with Crippen molar-refractivity contribution in [2.45, 2.75) is 78.4 Å². The third kappa shape index (κ3) is 10.1. The first kappa shape index (κ1) is 23.4. The number of hydrogen-bond donors (Lipinski definition) is 0. The molecule has 0 saturated heterocycles. The fourth-order valence-electron chi connectivity index (χ4n) is 2.90. The van der Waals surface area contributed by atoms with Gasteiger partial charge in [-0.25, -0.2) is 0 Å². The van der Waals surface area contributed by atoms with Crippen LogP contribution in [0.15, 0.2) is 70.5 Å². The standard InChI is InChI=1S/C24H32OS3/c1-3-4-5-6-13-18-23(25)26-20(2)19-24(27-21-14-9-7-10-15-21)28-22-16-11-8-12-17-22/h7-12,14-17,20,24H,3-6,13,18-19H2,1-2H3. The minimum atomic E-state index is 0.334. The molecule has 0 aliphatic rings. The third-order valence-corrected chi connectivity index (χ3v) is 8.00. The van der Waals surface area contributed by atoms with Crippen molar-refractivity contribution in [1.82, 2.24) is 0 Å². The van der Waals surface area contributed by atoms with Crippen LogP contribution in [0.25, 0.3) is 0 Å². The predicted molar refractivity (Wildman–Crippen MR) is 128 cm³/mol. The number of carbonyl (C=O) groups excluding carboxylic acids is 1. The Morgan fingerprint density at radius 1 is 0.821 bits per heavy atom. The normalized spacial score (nSPS) is 12.2. The Morgan fingerprint density at radius 2 is 1.36 bits per heavy atom. The van der Waals surface area contributed by atoms with E-state index < -0.39 is 0 Å². The Bertz CT molecular complexity index is 619. The number of hydrogen-bond acceptors (Lipinski definition) is 4. The Hall–Kier alpha value is -0.840. The zero-order valence-electron chi connectivity index (χ0n) is 17.0. The SMILES string of the molecule is CCCCCCCC(=O)SC(C)CC(Sc1ccccc1)Sc1ccccc1. The molecule has 0 N–H and O–H groups in total.